The van der Waals surface area contributed by atoms with Crippen LogP contribution in [0.4, 0.5) is 0 Å². The molecule has 2 heterocycles. The van der Waals surface area contributed by atoms with E-state index in [-0.39, 0.29) is 11.9 Å². The summed E-state index contributed by atoms with van der Waals surface area (Å²) < 4.78 is 0. The zero-order valence-electron chi connectivity index (χ0n) is 14.4. The van der Waals surface area contributed by atoms with Crippen LogP contribution in [0.3, 0.4) is 0 Å². The molecule has 1 aliphatic heterocycles. The SMILES string of the molecule is Cc1ccccc1[C@H]1CCCN1C(=O)c1ccc2[nH]c(=O)c(=O)[nH]c2c1. The van der Waals surface area contributed by atoms with Crippen LogP contribution in [-0.4, -0.2) is 27.3 Å². The molecule has 132 valence electrons. The molecule has 1 saturated heterocycles. The van der Waals surface area contributed by atoms with Crippen molar-refractivity contribution in [1.29, 1.82) is 0 Å². The number of rotatable bonds is 2. The van der Waals surface area contributed by atoms with E-state index in [1.54, 1.807) is 18.2 Å². The number of nitrogens with one attached hydrogen (secondary N) is 2. The fourth-order valence-electron chi connectivity index (χ4n) is 3.71. The predicted octanol–water partition coefficient (Wildman–Crippen LogP) is 2.50. The average molecular weight is 349 g/mol. The van der Waals surface area contributed by atoms with Gasteiger partial charge in [0.25, 0.3) is 5.91 Å². The summed E-state index contributed by atoms with van der Waals surface area (Å²) in [4.78, 5) is 43.0. The van der Waals surface area contributed by atoms with E-state index in [9.17, 15) is 14.4 Å². The van der Waals surface area contributed by atoms with Crippen molar-refractivity contribution in [2.75, 3.05) is 6.54 Å². The van der Waals surface area contributed by atoms with E-state index in [1.807, 2.05) is 17.0 Å². The Bertz CT molecular complexity index is 1110. The fraction of sp³-hybridized carbons (Fsp3) is 0.250. The molecule has 0 bridgehead atoms. The maximum atomic E-state index is 13.1. The first-order chi connectivity index (χ1) is 12.5. The molecule has 26 heavy (non-hydrogen) atoms. The molecule has 1 aromatic heterocycles. The van der Waals surface area contributed by atoms with Crippen LogP contribution in [0.25, 0.3) is 11.0 Å². The predicted molar refractivity (Wildman–Crippen MR) is 99.4 cm³/mol. The van der Waals surface area contributed by atoms with Crippen LogP contribution >= 0.6 is 0 Å². The Kier molecular flexibility index (Phi) is 3.95. The fourth-order valence-corrected chi connectivity index (χ4v) is 3.71. The van der Waals surface area contributed by atoms with Gasteiger partial charge in [-0.15, -0.1) is 0 Å². The van der Waals surface area contributed by atoms with E-state index in [1.165, 1.54) is 11.1 Å². The molecule has 2 N–H and O–H groups in total. The average Bonchev–Trinajstić information content (AvgIpc) is 3.11. The molecule has 1 amide bonds. The highest BCUT2D eigenvalue weighted by atomic mass is 16.2. The van der Waals surface area contributed by atoms with Gasteiger partial charge in [-0.3, -0.25) is 14.4 Å². The van der Waals surface area contributed by atoms with E-state index in [0.717, 1.165) is 12.8 Å². The van der Waals surface area contributed by atoms with Crippen molar-refractivity contribution in [3.05, 3.63) is 79.9 Å². The van der Waals surface area contributed by atoms with E-state index < -0.39 is 11.1 Å². The van der Waals surface area contributed by atoms with Gasteiger partial charge in [-0.1, -0.05) is 24.3 Å². The smallest absolute Gasteiger partial charge is 0.314 e. The van der Waals surface area contributed by atoms with Crippen LogP contribution < -0.4 is 11.1 Å². The maximum Gasteiger partial charge on any atom is 0.314 e. The largest absolute Gasteiger partial charge is 0.332 e. The summed E-state index contributed by atoms with van der Waals surface area (Å²) in [6, 6.07) is 13.2. The molecule has 3 aromatic rings. The molecule has 4 rings (SSSR count). The number of aromatic nitrogens is 2. The lowest BCUT2D eigenvalue weighted by atomic mass is 9.99. The topological polar surface area (TPSA) is 86.0 Å². The van der Waals surface area contributed by atoms with Crippen LogP contribution in [0.15, 0.2) is 52.1 Å². The van der Waals surface area contributed by atoms with Crippen molar-refractivity contribution >= 4 is 16.9 Å². The zero-order valence-corrected chi connectivity index (χ0v) is 14.4. The summed E-state index contributed by atoms with van der Waals surface area (Å²) in [6.07, 6.45) is 1.90. The van der Waals surface area contributed by atoms with Crippen molar-refractivity contribution in [1.82, 2.24) is 14.9 Å². The number of carbonyl (C=O) groups is 1. The summed E-state index contributed by atoms with van der Waals surface area (Å²) in [5.74, 6) is -0.0651. The molecule has 1 atom stereocenters. The molecule has 0 radical (unpaired) electrons. The number of hydrogen-bond donors (Lipinski definition) is 2. The standard InChI is InChI=1S/C20H19N3O3/c1-12-5-2-3-6-14(12)17-7-4-10-23(17)20(26)13-8-9-15-16(11-13)22-19(25)18(24)21-15/h2-3,5-6,8-9,11,17H,4,7,10H2,1H3,(H,21,24)(H,22,25)/t17-/m1/s1. The molecule has 0 aliphatic carbocycles. The second kappa shape index (κ2) is 6.29. The van der Waals surface area contributed by atoms with Crippen molar-refractivity contribution in [3.8, 4) is 0 Å². The summed E-state index contributed by atoms with van der Waals surface area (Å²) in [6.45, 7) is 2.77. The number of hydrogen-bond acceptors (Lipinski definition) is 3. The van der Waals surface area contributed by atoms with Crippen molar-refractivity contribution in [2.45, 2.75) is 25.8 Å². The van der Waals surface area contributed by atoms with Gasteiger partial charge in [0.2, 0.25) is 0 Å². The number of carbonyl (C=O) groups excluding carboxylic acids is 1. The van der Waals surface area contributed by atoms with E-state index in [0.29, 0.717) is 23.1 Å². The molecule has 0 unspecified atom stereocenters. The lowest BCUT2D eigenvalue weighted by molar-refractivity contribution is 0.0735. The van der Waals surface area contributed by atoms with E-state index >= 15 is 0 Å². The Hall–Kier alpha value is -3.15. The molecule has 0 spiro atoms. The van der Waals surface area contributed by atoms with Gasteiger partial charge in [0.1, 0.15) is 0 Å². The molecule has 1 fully saturated rings. The molecule has 2 aromatic carbocycles. The Morgan fingerprint density at radius 3 is 2.54 bits per heavy atom. The van der Waals surface area contributed by atoms with E-state index in [2.05, 4.69) is 29.0 Å². The molecule has 6 nitrogen and oxygen atoms in total. The van der Waals surface area contributed by atoms with Gasteiger partial charge in [0.05, 0.1) is 17.1 Å². The van der Waals surface area contributed by atoms with Crippen LogP contribution in [0.2, 0.25) is 0 Å². The monoisotopic (exact) mass is 349 g/mol. The third kappa shape index (κ3) is 2.73. The summed E-state index contributed by atoms with van der Waals surface area (Å²) in [5, 5.41) is 0. The number of nitrogens with zero attached hydrogens (tertiary/aromatic N) is 1. The third-order valence-corrected chi connectivity index (χ3v) is 5.03. The minimum absolute atomic E-state index is 0.0639. The van der Waals surface area contributed by atoms with Crippen molar-refractivity contribution in [3.63, 3.8) is 0 Å². The molecule has 1 aliphatic rings. The first kappa shape index (κ1) is 16.3. The Labute approximate surface area is 149 Å². The van der Waals surface area contributed by atoms with Gasteiger partial charge in [-0.2, -0.15) is 0 Å². The van der Waals surface area contributed by atoms with Gasteiger partial charge in [-0.05, 0) is 49.1 Å². The van der Waals surface area contributed by atoms with Crippen LogP contribution in [0.5, 0.6) is 0 Å². The Morgan fingerprint density at radius 1 is 1.04 bits per heavy atom. The molecular weight excluding hydrogens is 330 g/mol. The highest BCUT2D eigenvalue weighted by Gasteiger charge is 2.31. The number of aryl methyl sites for hydroxylation is 1. The quantitative estimate of drug-likeness (QED) is 0.697. The molecule has 0 saturated carbocycles. The minimum Gasteiger partial charge on any atom is -0.332 e. The first-order valence-electron chi connectivity index (χ1n) is 8.67. The lowest BCUT2D eigenvalue weighted by Crippen LogP contribution is -2.31. The lowest BCUT2D eigenvalue weighted by Gasteiger charge is -2.26. The highest BCUT2D eigenvalue weighted by Crippen LogP contribution is 2.34. The van der Waals surface area contributed by atoms with Crippen LogP contribution in [0.1, 0.15) is 40.4 Å². The van der Waals surface area contributed by atoms with Crippen molar-refractivity contribution < 1.29 is 4.79 Å². The van der Waals surface area contributed by atoms with Gasteiger partial charge in [-0.25, -0.2) is 0 Å². The van der Waals surface area contributed by atoms with Crippen molar-refractivity contribution in [2.24, 2.45) is 0 Å². The maximum absolute atomic E-state index is 13.1. The molecular formula is C20H19N3O3. The number of likely N-dealkylation sites (tertiary alicyclic amines) is 1. The minimum atomic E-state index is -0.721. The number of fused-ring (bicyclic) bond motifs is 1. The number of benzene rings is 2. The van der Waals surface area contributed by atoms with E-state index in [4.69, 9.17) is 0 Å². The Morgan fingerprint density at radius 2 is 1.77 bits per heavy atom. The zero-order chi connectivity index (χ0) is 18.3. The van der Waals surface area contributed by atoms with Crippen LogP contribution in [-0.2, 0) is 0 Å². The number of aromatic amines is 2. The van der Waals surface area contributed by atoms with Gasteiger partial charge in [0, 0.05) is 12.1 Å². The third-order valence-electron chi connectivity index (χ3n) is 5.03. The highest BCUT2D eigenvalue weighted by molar-refractivity contribution is 5.97. The Balaban J connectivity index is 1.71. The second-order valence-electron chi connectivity index (χ2n) is 6.68. The normalized spacial score (nSPS) is 17.0. The number of amides is 1. The number of H-pyrrole nitrogens is 2. The summed E-state index contributed by atoms with van der Waals surface area (Å²) >= 11 is 0. The van der Waals surface area contributed by atoms with Crippen LogP contribution in [0, 0.1) is 6.92 Å². The summed E-state index contributed by atoms with van der Waals surface area (Å²) in [5.41, 5.74) is 2.39. The van der Waals surface area contributed by atoms with Gasteiger partial charge in [0.15, 0.2) is 0 Å². The first-order valence-corrected chi connectivity index (χ1v) is 8.67. The molecule has 6 heteroatoms. The van der Waals surface area contributed by atoms with Gasteiger partial charge >= 0.3 is 11.1 Å². The second-order valence-corrected chi connectivity index (χ2v) is 6.68. The summed E-state index contributed by atoms with van der Waals surface area (Å²) in [7, 11) is 0. The van der Waals surface area contributed by atoms with Gasteiger partial charge < -0.3 is 14.9 Å².